The van der Waals surface area contributed by atoms with E-state index in [0.29, 0.717) is 24.4 Å². The van der Waals surface area contributed by atoms with Crippen LogP contribution in [0.2, 0.25) is 0 Å². The van der Waals surface area contributed by atoms with Crippen LogP contribution in [0.5, 0.6) is 0 Å². The van der Waals surface area contributed by atoms with Gasteiger partial charge >= 0.3 is 0 Å². The lowest BCUT2D eigenvalue weighted by Gasteiger charge is -2.37. The Hall–Kier alpha value is -1.92. The molecule has 6 heteroatoms. The first kappa shape index (κ1) is 17.5. The monoisotopic (exact) mass is 372 g/mol. The number of thiol groups is 1. The second-order valence-electron chi connectivity index (χ2n) is 7.00. The van der Waals surface area contributed by atoms with Crippen molar-refractivity contribution in [3.8, 4) is 0 Å². The number of benzene rings is 1. The molecule has 2 aromatic rings. The van der Waals surface area contributed by atoms with E-state index in [-0.39, 0.29) is 22.8 Å². The van der Waals surface area contributed by atoms with E-state index in [2.05, 4.69) is 22.5 Å². The van der Waals surface area contributed by atoms with Crippen molar-refractivity contribution in [1.29, 1.82) is 0 Å². The summed E-state index contributed by atoms with van der Waals surface area (Å²) in [5, 5.41) is 0.0913. The molecule has 2 heterocycles. The molecule has 0 N–H and O–H groups in total. The van der Waals surface area contributed by atoms with Crippen LogP contribution in [-0.4, -0.2) is 34.0 Å². The van der Waals surface area contributed by atoms with Gasteiger partial charge in [0.15, 0.2) is 12.2 Å². The minimum absolute atomic E-state index is 0.0648. The molecule has 0 bridgehead atoms. The Kier molecular flexibility index (Phi) is 4.96. The molecule has 2 fully saturated rings. The van der Waals surface area contributed by atoms with E-state index in [1.54, 1.807) is 24.4 Å². The van der Waals surface area contributed by atoms with Gasteiger partial charge in [-0.3, -0.25) is 9.69 Å². The molecule has 1 aromatic carbocycles. The second-order valence-corrected chi connectivity index (χ2v) is 7.62. The highest BCUT2D eigenvalue weighted by Gasteiger charge is 2.40. The van der Waals surface area contributed by atoms with E-state index in [9.17, 15) is 9.18 Å². The van der Waals surface area contributed by atoms with E-state index in [1.807, 2.05) is 6.08 Å². The summed E-state index contributed by atoms with van der Waals surface area (Å²) in [7, 11) is 0. The van der Waals surface area contributed by atoms with Crippen LogP contribution in [0.25, 0.3) is 6.08 Å². The van der Waals surface area contributed by atoms with Crippen LogP contribution < -0.4 is 0 Å². The van der Waals surface area contributed by atoms with Crippen LogP contribution in [0.3, 0.4) is 0 Å². The predicted octanol–water partition coefficient (Wildman–Crippen LogP) is 3.92. The number of ketones is 1. The van der Waals surface area contributed by atoms with Crippen LogP contribution >= 0.6 is 12.6 Å². The molecule has 2 aliphatic rings. The third-order valence-corrected chi connectivity index (χ3v) is 5.69. The number of nitrogens with zero attached hydrogens (tertiary/aromatic N) is 2. The molecule has 2 atom stereocenters. The Bertz CT molecular complexity index is 817. The summed E-state index contributed by atoms with van der Waals surface area (Å²) < 4.78 is 19.8. The molecule has 1 aliphatic heterocycles. The van der Waals surface area contributed by atoms with Gasteiger partial charge in [-0.1, -0.05) is 18.2 Å². The normalized spacial score (nSPS) is 23.9. The summed E-state index contributed by atoms with van der Waals surface area (Å²) >= 11 is 4.67. The summed E-state index contributed by atoms with van der Waals surface area (Å²) in [5.41, 5.74) is 1.53. The molecular formula is C20H21FN2O2S. The van der Waals surface area contributed by atoms with Gasteiger partial charge in [0.2, 0.25) is 0 Å². The Morgan fingerprint density at radius 3 is 2.85 bits per heavy atom. The second kappa shape index (κ2) is 7.37. The number of rotatable bonds is 5. The first-order chi connectivity index (χ1) is 12.6. The fourth-order valence-electron chi connectivity index (χ4n) is 3.55. The minimum Gasteiger partial charge on any atom is -0.444 e. The summed E-state index contributed by atoms with van der Waals surface area (Å²) in [4.78, 5) is 19.0. The zero-order chi connectivity index (χ0) is 18.1. The standard InChI is InChI=1S/C20H21FN2O2S/c21-17-4-2-1-3-16(17)19(20(24)13-5-6-13)23-8-7-18(26)14(11-23)9-15-10-22-12-25-15/h1-4,9-10,12-13,18-19,26H,5-8,11H2/b14-9-. The number of hydrogen-bond acceptors (Lipinski definition) is 5. The smallest absolute Gasteiger partial charge is 0.181 e. The van der Waals surface area contributed by atoms with Crippen molar-refractivity contribution in [2.24, 2.45) is 5.92 Å². The fourth-order valence-corrected chi connectivity index (χ4v) is 3.82. The summed E-state index contributed by atoms with van der Waals surface area (Å²) in [5.74, 6) is 0.541. The van der Waals surface area contributed by atoms with Gasteiger partial charge in [0.1, 0.15) is 11.6 Å². The number of halogens is 1. The van der Waals surface area contributed by atoms with Crippen LogP contribution in [0.15, 0.2) is 46.8 Å². The molecule has 0 radical (unpaired) electrons. The quantitative estimate of drug-likeness (QED) is 0.808. The highest BCUT2D eigenvalue weighted by molar-refractivity contribution is 7.81. The molecule has 1 saturated heterocycles. The van der Waals surface area contributed by atoms with Crippen molar-refractivity contribution in [2.45, 2.75) is 30.6 Å². The molecule has 1 aliphatic carbocycles. The van der Waals surface area contributed by atoms with Crippen LogP contribution in [0, 0.1) is 11.7 Å². The predicted molar refractivity (Wildman–Crippen MR) is 100 cm³/mol. The lowest BCUT2D eigenvalue weighted by Crippen LogP contribution is -2.42. The Balaban J connectivity index is 1.65. The third kappa shape index (κ3) is 3.62. The highest BCUT2D eigenvalue weighted by Crippen LogP contribution is 2.39. The lowest BCUT2D eigenvalue weighted by atomic mass is 9.93. The van der Waals surface area contributed by atoms with E-state index in [1.165, 1.54) is 12.5 Å². The highest BCUT2D eigenvalue weighted by atomic mass is 32.1. The number of carbonyl (C=O) groups excluding carboxylic acids is 1. The maximum Gasteiger partial charge on any atom is 0.181 e. The van der Waals surface area contributed by atoms with Crippen molar-refractivity contribution in [1.82, 2.24) is 9.88 Å². The van der Waals surface area contributed by atoms with E-state index in [4.69, 9.17) is 4.42 Å². The molecule has 2 unspecified atom stereocenters. The van der Waals surface area contributed by atoms with Gasteiger partial charge in [-0.2, -0.15) is 12.6 Å². The molecule has 1 saturated carbocycles. The number of carbonyl (C=O) groups is 1. The summed E-state index contributed by atoms with van der Waals surface area (Å²) in [6.07, 6.45) is 7.58. The van der Waals surface area contributed by atoms with Crippen molar-refractivity contribution in [3.63, 3.8) is 0 Å². The molecule has 136 valence electrons. The average Bonchev–Trinajstić information content (AvgIpc) is 3.37. The Morgan fingerprint density at radius 1 is 1.35 bits per heavy atom. The van der Waals surface area contributed by atoms with Gasteiger partial charge in [0.05, 0.1) is 12.2 Å². The van der Waals surface area contributed by atoms with Crippen molar-refractivity contribution in [2.75, 3.05) is 13.1 Å². The third-order valence-electron chi connectivity index (χ3n) is 5.10. The maximum atomic E-state index is 14.5. The van der Waals surface area contributed by atoms with Gasteiger partial charge < -0.3 is 4.42 Å². The zero-order valence-electron chi connectivity index (χ0n) is 14.3. The number of aromatic nitrogens is 1. The topological polar surface area (TPSA) is 46.3 Å². The Labute approximate surface area is 157 Å². The van der Waals surface area contributed by atoms with Crippen LogP contribution in [0.1, 0.15) is 36.6 Å². The molecule has 26 heavy (non-hydrogen) atoms. The van der Waals surface area contributed by atoms with Gasteiger partial charge in [-0.25, -0.2) is 9.37 Å². The average molecular weight is 372 g/mol. The van der Waals surface area contributed by atoms with Crippen LogP contribution in [0.4, 0.5) is 4.39 Å². The molecule has 1 aromatic heterocycles. The number of Topliss-reactive ketones (excluding diaryl/α,β-unsaturated/α-hetero) is 1. The molecule has 0 spiro atoms. The largest absolute Gasteiger partial charge is 0.444 e. The SMILES string of the molecule is O=C(C1CC1)C(c1ccccc1F)N1CCC(S)/C(=C\c2cnco2)C1. The summed E-state index contributed by atoms with van der Waals surface area (Å²) in [6.45, 7) is 1.27. The number of piperidine rings is 1. The molecule has 0 amide bonds. The minimum atomic E-state index is -0.539. The van der Waals surface area contributed by atoms with Crippen LogP contribution in [-0.2, 0) is 4.79 Å². The fraction of sp³-hybridized carbons (Fsp3) is 0.400. The van der Waals surface area contributed by atoms with E-state index >= 15 is 0 Å². The first-order valence-corrected chi connectivity index (χ1v) is 9.44. The van der Waals surface area contributed by atoms with Gasteiger partial charge in [-0.15, -0.1) is 0 Å². The lowest BCUT2D eigenvalue weighted by molar-refractivity contribution is -0.126. The number of hydrogen-bond donors (Lipinski definition) is 1. The van der Waals surface area contributed by atoms with Gasteiger partial charge in [-0.05, 0) is 37.0 Å². The van der Waals surface area contributed by atoms with Gasteiger partial charge in [0, 0.05) is 29.8 Å². The van der Waals surface area contributed by atoms with E-state index < -0.39 is 6.04 Å². The molecule has 4 nitrogen and oxygen atoms in total. The Morgan fingerprint density at radius 2 is 2.15 bits per heavy atom. The first-order valence-electron chi connectivity index (χ1n) is 8.92. The molecule has 4 rings (SSSR count). The maximum absolute atomic E-state index is 14.5. The van der Waals surface area contributed by atoms with E-state index in [0.717, 1.165) is 24.8 Å². The van der Waals surface area contributed by atoms with Crippen molar-refractivity contribution >= 4 is 24.5 Å². The number of oxazole rings is 1. The number of likely N-dealkylation sites (tertiary alicyclic amines) is 1. The zero-order valence-corrected chi connectivity index (χ0v) is 15.2. The summed E-state index contributed by atoms with van der Waals surface area (Å²) in [6, 6.07) is 6.07. The van der Waals surface area contributed by atoms with Crippen molar-refractivity contribution in [3.05, 3.63) is 59.6 Å². The van der Waals surface area contributed by atoms with Gasteiger partial charge in [0.25, 0.3) is 0 Å². The van der Waals surface area contributed by atoms with Crippen molar-refractivity contribution < 1.29 is 13.6 Å². The molecular weight excluding hydrogens is 351 g/mol.